The fourth-order valence-corrected chi connectivity index (χ4v) is 3.58. The lowest BCUT2D eigenvalue weighted by Gasteiger charge is -2.10. The number of rotatable bonds is 6. The highest BCUT2D eigenvalue weighted by Crippen LogP contribution is 2.24. The summed E-state index contributed by atoms with van der Waals surface area (Å²) in [6.07, 6.45) is 0. The van der Waals surface area contributed by atoms with Crippen molar-refractivity contribution in [2.45, 2.75) is 20.8 Å². The molecule has 0 aliphatic rings. The molecule has 0 N–H and O–H groups in total. The van der Waals surface area contributed by atoms with E-state index in [9.17, 15) is 9.59 Å². The summed E-state index contributed by atoms with van der Waals surface area (Å²) in [7, 11) is 0. The van der Waals surface area contributed by atoms with Crippen molar-refractivity contribution in [1.29, 1.82) is 0 Å². The first-order valence-electron chi connectivity index (χ1n) is 10.4. The molecule has 166 valence electrons. The number of Topliss-reactive ketones (excluding diaryl/α,β-unsaturated/α-hetero) is 1. The van der Waals surface area contributed by atoms with E-state index in [1.54, 1.807) is 28.9 Å². The van der Waals surface area contributed by atoms with Gasteiger partial charge in [0.2, 0.25) is 0 Å². The van der Waals surface area contributed by atoms with Crippen LogP contribution in [0.2, 0.25) is 0 Å². The summed E-state index contributed by atoms with van der Waals surface area (Å²) >= 11 is 3.33. The number of hydrogen-bond acceptors (Lipinski definition) is 5. The number of hydrogen-bond donors (Lipinski definition) is 0. The summed E-state index contributed by atoms with van der Waals surface area (Å²) in [6.45, 7) is 5.58. The quantitative estimate of drug-likeness (QED) is 0.250. The zero-order valence-corrected chi connectivity index (χ0v) is 20.1. The molecule has 0 fully saturated rings. The molecule has 0 aliphatic heterocycles. The topological polar surface area (TPSA) is 74.1 Å². The molecule has 4 aromatic rings. The maximum Gasteiger partial charge on any atom is 0.378 e. The number of carbonyl (C=O) groups excluding carboxylic acids is 2. The van der Waals surface area contributed by atoms with E-state index < -0.39 is 12.6 Å². The van der Waals surface area contributed by atoms with Crippen LogP contribution >= 0.6 is 15.9 Å². The minimum atomic E-state index is -0.752. The van der Waals surface area contributed by atoms with Gasteiger partial charge in [0.15, 0.2) is 18.2 Å². The van der Waals surface area contributed by atoms with E-state index in [2.05, 4.69) is 26.0 Å². The number of aromatic nitrogens is 3. The molecule has 0 atom stereocenters. The third-order valence-corrected chi connectivity index (χ3v) is 5.72. The lowest BCUT2D eigenvalue weighted by atomic mass is 10.1. The average Bonchev–Trinajstić information content (AvgIpc) is 3.25. The van der Waals surface area contributed by atoms with Crippen molar-refractivity contribution in [2.75, 3.05) is 6.61 Å². The molecule has 6 nitrogen and oxygen atoms in total. The molecule has 0 aliphatic carbocycles. The van der Waals surface area contributed by atoms with Gasteiger partial charge in [0, 0.05) is 15.6 Å². The highest BCUT2D eigenvalue weighted by Gasteiger charge is 2.22. The van der Waals surface area contributed by atoms with E-state index in [0.717, 1.165) is 32.4 Å². The smallest absolute Gasteiger partial charge is 0.378 e. The number of aryl methyl sites for hydroxylation is 3. The van der Waals surface area contributed by atoms with E-state index in [0.29, 0.717) is 11.4 Å². The van der Waals surface area contributed by atoms with Crippen molar-refractivity contribution >= 4 is 27.7 Å². The van der Waals surface area contributed by atoms with Crippen LogP contribution in [-0.2, 0) is 4.74 Å². The van der Waals surface area contributed by atoms with Crippen LogP contribution in [0.25, 0.3) is 17.1 Å². The Labute approximate surface area is 200 Å². The molecule has 33 heavy (non-hydrogen) atoms. The fraction of sp³-hybridized carbons (Fsp3) is 0.154. The van der Waals surface area contributed by atoms with Gasteiger partial charge in [-0.15, -0.1) is 5.10 Å². The SMILES string of the molecule is Cc1ccc(-c2nc(C(=O)OCC(=O)c3ccc(Br)cc3)nn2-c2cc(C)ccc2C)cc1. The van der Waals surface area contributed by atoms with Gasteiger partial charge in [-0.1, -0.05) is 70.0 Å². The van der Waals surface area contributed by atoms with Crippen LogP contribution in [0.15, 0.2) is 71.2 Å². The Morgan fingerprint density at radius 2 is 1.58 bits per heavy atom. The van der Waals surface area contributed by atoms with Gasteiger partial charge in [-0.25, -0.2) is 14.5 Å². The third-order valence-electron chi connectivity index (χ3n) is 5.19. The van der Waals surface area contributed by atoms with E-state index >= 15 is 0 Å². The molecule has 0 unspecified atom stereocenters. The first kappa shape index (κ1) is 22.6. The molecular weight excluding hydrogens is 482 g/mol. The molecule has 4 rings (SSSR count). The number of ether oxygens (including phenoxy) is 1. The van der Waals surface area contributed by atoms with Gasteiger partial charge in [0.05, 0.1) is 5.69 Å². The summed E-state index contributed by atoms with van der Waals surface area (Å²) in [5, 5.41) is 4.46. The fourth-order valence-electron chi connectivity index (χ4n) is 3.32. The van der Waals surface area contributed by atoms with Crippen molar-refractivity contribution in [3.8, 4) is 17.1 Å². The molecule has 0 saturated carbocycles. The summed E-state index contributed by atoms with van der Waals surface area (Å²) < 4.78 is 7.76. The number of benzene rings is 3. The molecule has 0 bridgehead atoms. The van der Waals surface area contributed by atoms with E-state index in [1.807, 2.05) is 63.2 Å². The summed E-state index contributed by atoms with van der Waals surface area (Å²) in [5.41, 5.74) is 5.26. The molecule has 7 heteroatoms. The Hall–Kier alpha value is -3.58. The molecule has 1 heterocycles. The molecular formula is C26H22BrN3O3. The number of esters is 1. The Morgan fingerprint density at radius 3 is 2.27 bits per heavy atom. The van der Waals surface area contributed by atoms with E-state index in [1.165, 1.54) is 0 Å². The predicted octanol–water partition coefficient (Wildman–Crippen LogP) is 5.66. The number of ketones is 1. The maximum absolute atomic E-state index is 12.7. The molecule has 0 amide bonds. The lowest BCUT2D eigenvalue weighted by Crippen LogP contribution is -2.15. The summed E-state index contributed by atoms with van der Waals surface area (Å²) in [5.74, 6) is -0.633. The van der Waals surface area contributed by atoms with Gasteiger partial charge in [-0.3, -0.25) is 4.79 Å². The molecule has 0 radical (unpaired) electrons. The highest BCUT2D eigenvalue weighted by atomic mass is 79.9. The number of nitrogens with zero attached hydrogens (tertiary/aromatic N) is 3. The summed E-state index contributed by atoms with van der Waals surface area (Å²) in [6, 6.07) is 20.7. The van der Waals surface area contributed by atoms with Crippen molar-refractivity contribution in [3.05, 3.63) is 99.3 Å². The maximum atomic E-state index is 12.7. The third kappa shape index (κ3) is 5.09. The van der Waals surface area contributed by atoms with Gasteiger partial charge >= 0.3 is 5.97 Å². The first-order valence-corrected chi connectivity index (χ1v) is 11.2. The van der Waals surface area contributed by atoms with Crippen molar-refractivity contribution in [1.82, 2.24) is 14.8 Å². The number of carbonyl (C=O) groups is 2. The van der Waals surface area contributed by atoms with Gasteiger partial charge in [0.1, 0.15) is 0 Å². The van der Waals surface area contributed by atoms with E-state index in [-0.39, 0.29) is 11.6 Å². The molecule has 1 aromatic heterocycles. The molecule has 0 saturated heterocycles. The van der Waals surface area contributed by atoms with Gasteiger partial charge < -0.3 is 4.74 Å². The Morgan fingerprint density at radius 1 is 0.909 bits per heavy atom. The lowest BCUT2D eigenvalue weighted by molar-refractivity contribution is 0.0462. The zero-order chi connectivity index (χ0) is 23.5. The van der Waals surface area contributed by atoms with Crippen LogP contribution in [0, 0.1) is 20.8 Å². The van der Waals surface area contributed by atoms with Crippen molar-refractivity contribution < 1.29 is 14.3 Å². The predicted molar refractivity (Wildman–Crippen MR) is 130 cm³/mol. The van der Waals surface area contributed by atoms with Crippen molar-refractivity contribution in [2.24, 2.45) is 0 Å². The standard InChI is InChI=1S/C26H22BrN3O3/c1-16-5-8-20(9-6-16)25-28-24(29-30(25)22-14-17(2)4-7-18(22)3)26(32)33-15-23(31)19-10-12-21(27)13-11-19/h4-14H,15H2,1-3H3. The minimum Gasteiger partial charge on any atom is -0.451 e. The van der Waals surface area contributed by atoms with Crippen LogP contribution in [0.5, 0.6) is 0 Å². The Bertz CT molecular complexity index is 1330. The van der Waals surface area contributed by atoms with Crippen LogP contribution in [0.1, 0.15) is 37.7 Å². The Kier molecular flexibility index (Phi) is 6.51. The largest absolute Gasteiger partial charge is 0.451 e. The summed E-state index contributed by atoms with van der Waals surface area (Å²) in [4.78, 5) is 29.6. The first-order chi connectivity index (χ1) is 15.8. The van der Waals surface area contributed by atoms with Gasteiger partial charge in [-0.2, -0.15) is 0 Å². The monoisotopic (exact) mass is 503 g/mol. The normalized spacial score (nSPS) is 10.8. The highest BCUT2D eigenvalue weighted by molar-refractivity contribution is 9.10. The number of halogens is 1. The van der Waals surface area contributed by atoms with Crippen molar-refractivity contribution in [3.63, 3.8) is 0 Å². The average molecular weight is 504 g/mol. The van der Waals surface area contributed by atoms with Gasteiger partial charge in [-0.05, 0) is 50.1 Å². The second-order valence-electron chi connectivity index (χ2n) is 7.83. The Balaban J connectivity index is 1.65. The second kappa shape index (κ2) is 9.50. The molecule has 0 spiro atoms. The van der Waals surface area contributed by atoms with Crippen LogP contribution < -0.4 is 0 Å². The van der Waals surface area contributed by atoms with E-state index in [4.69, 9.17) is 4.74 Å². The second-order valence-corrected chi connectivity index (χ2v) is 8.75. The van der Waals surface area contributed by atoms with Crippen LogP contribution in [-0.4, -0.2) is 33.1 Å². The zero-order valence-electron chi connectivity index (χ0n) is 18.5. The minimum absolute atomic E-state index is 0.102. The van der Waals surface area contributed by atoms with Crippen LogP contribution in [0.3, 0.4) is 0 Å². The van der Waals surface area contributed by atoms with Crippen LogP contribution in [0.4, 0.5) is 0 Å². The molecule has 3 aromatic carbocycles. The van der Waals surface area contributed by atoms with Gasteiger partial charge in [0.25, 0.3) is 5.82 Å².